The van der Waals surface area contributed by atoms with Gasteiger partial charge in [0, 0.05) is 37.8 Å². The van der Waals surface area contributed by atoms with E-state index in [0.717, 1.165) is 28.4 Å². The van der Waals surface area contributed by atoms with E-state index in [0.29, 0.717) is 38.5 Å². The van der Waals surface area contributed by atoms with Crippen molar-refractivity contribution in [3.8, 4) is 17.0 Å². The normalized spacial score (nSPS) is 13.7. The number of rotatable bonds is 6. The van der Waals surface area contributed by atoms with Crippen LogP contribution in [0.3, 0.4) is 0 Å². The molecule has 0 bridgehead atoms. The number of anilines is 1. The minimum Gasteiger partial charge on any atom is -0.489 e. The number of hydrogen-bond donors (Lipinski definition) is 0. The fourth-order valence-electron chi connectivity index (χ4n) is 3.84. The Kier molecular flexibility index (Phi) is 6.01. The summed E-state index contributed by atoms with van der Waals surface area (Å²) in [4.78, 5) is 25.4. The molecule has 0 N–H and O–H groups in total. The third-order valence-corrected chi connectivity index (χ3v) is 5.67. The number of hydrogen-bond acceptors (Lipinski definition) is 6. The summed E-state index contributed by atoms with van der Waals surface area (Å²) in [5.74, 6) is 1.98. The molecular weight excluding hydrogens is 416 g/mol. The van der Waals surface area contributed by atoms with Crippen molar-refractivity contribution >= 4 is 11.7 Å². The van der Waals surface area contributed by atoms with E-state index in [1.807, 2.05) is 65.6 Å². The molecular formula is C26H24N4O3. The van der Waals surface area contributed by atoms with Crippen LogP contribution >= 0.6 is 0 Å². The quantitative estimate of drug-likeness (QED) is 0.446. The summed E-state index contributed by atoms with van der Waals surface area (Å²) in [7, 11) is 0. The number of amides is 1. The summed E-state index contributed by atoms with van der Waals surface area (Å²) in [6.07, 6.45) is 3.11. The van der Waals surface area contributed by atoms with Gasteiger partial charge in [0.25, 0.3) is 5.91 Å². The number of benzene rings is 2. The highest BCUT2D eigenvalue weighted by molar-refractivity contribution is 5.91. The van der Waals surface area contributed by atoms with Crippen molar-refractivity contribution in [2.75, 3.05) is 31.1 Å². The molecule has 4 aromatic rings. The molecule has 33 heavy (non-hydrogen) atoms. The third-order valence-electron chi connectivity index (χ3n) is 5.67. The molecule has 1 fully saturated rings. The molecule has 5 rings (SSSR count). The summed E-state index contributed by atoms with van der Waals surface area (Å²) in [6, 6.07) is 23.4. The van der Waals surface area contributed by atoms with Crippen LogP contribution < -0.4 is 9.64 Å². The number of piperazine rings is 1. The van der Waals surface area contributed by atoms with Gasteiger partial charge in [-0.15, -0.1) is 0 Å². The Morgan fingerprint density at radius 3 is 2.42 bits per heavy atom. The van der Waals surface area contributed by atoms with Crippen molar-refractivity contribution < 1.29 is 13.9 Å². The van der Waals surface area contributed by atoms with Gasteiger partial charge in [-0.05, 0) is 42.0 Å². The lowest BCUT2D eigenvalue weighted by Crippen LogP contribution is -2.49. The highest BCUT2D eigenvalue weighted by Crippen LogP contribution is 2.24. The molecule has 0 atom stereocenters. The van der Waals surface area contributed by atoms with Gasteiger partial charge in [-0.1, -0.05) is 30.3 Å². The van der Waals surface area contributed by atoms with Gasteiger partial charge in [0.1, 0.15) is 24.5 Å². The topological polar surface area (TPSA) is 71.7 Å². The third kappa shape index (κ3) is 4.87. The van der Waals surface area contributed by atoms with E-state index < -0.39 is 0 Å². The second kappa shape index (κ2) is 9.56. The molecule has 7 heteroatoms. The lowest BCUT2D eigenvalue weighted by molar-refractivity contribution is 0.0714. The number of aromatic nitrogens is 2. The molecule has 1 saturated heterocycles. The molecule has 0 saturated carbocycles. The fourth-order valence-corrected chi connectivity index (χ4v) is 3.84. The SMILES string of the molecule is O=C(c1ccco1)N1CCN(c2cc(-c3ccc(OCc4ccccc4)cc3)ncn2)CC1. The lowest BCUT2D eigenvalue weighted by Gasteiger charge is -2.35. The van der Waals surface area contributed by atoms with Crippen LogP contribution in [0.25, 0.3) is 11.3 Å². The molecule has 166 valence electrons. The van der Waals surface area contributed by atoms with Crippen LogP contribution in [0.4, 0.5) is 5.82 Å². The summed E-state index contributed by atoms with van der Waals surface area (Å²) in [5.41, 5.74) is 2.98. The molecule has 0 spiro atoms. The van der Waals surface area contributed by atoms with Crippen LogP contribution in [0.2, 0.25) is 0 Å². The molecule has 0 unspecified atom stereocenters. The molecule has 2 aromatic carbocycles. The van der Waals surface area contributed by atoms with Crippen molar-refractivity contribution in [3.05, 3.63) is 96.7 Å². The zero-order valence-electron chi connectivity index (χ0n) is 18.1. The molecule has 1 amide bonds. The molecule has 1 aliphatic heterocycles. The van der Waals surface area contributed by atoms with Crippen LogP contribution in [0.15, 0.2) is 89.8 Å². The Labute approximate surface area is 192 Å². The Hall–Kier alpha value is -4.13. The number of furan rings is 1. The predicted octanol–water partition coefficient (Wildman–Crippen LogP) is 4.28. The minimum atomic E-state index is -0.0717. The van der Waals surface area contributed by atoms with Crippen LogP contribution in [-0.2, 0) is 6.61 Å². The van der Waals surface area contributed by atoms with Gasteiger partial charge in [0.15, 0.2) is 5.76 Å². The number of carbonyl (C=O) groups is 1. The first kappa shape index (κ1) is 20.8. The van der Waals surface area contributed by atoms with Crippen LogP contribution in [-0.4, -0.2) is 47.0 Å². The predicted molar refractivity (Wildman–Crippen MR) is 125 cm³/mol. The second-order valence-electron chi connectivity index (χ2n) is 7.82. The van der Waals surface area contributed by atoms with E-state index in [1.54, 1.807) is 18.5 Å². The van der Waals surface area contributed by atoms with Crippen LogP contribution in [0.1, 0.15) is 16.1 Å². The van der Waals surface area contributed by atoms with Crippen molar-refractivity contribution in [1.82, 2.24) is 14.9 Å². The molecule has 7 nitrogen and oxygen atoms in total. The maximum Gasteiger partial charge on any atom is 0.289 e. The molecule has 3 heterocycles. The largest absolute Gasteiger partial charge is 0.489 e. The van der Waals surface area contributed by atoms with E-state index in [2.05, 4.69) is 14.9 Å². The first-order chi connectivity index (χ1) is 16.3. The van der Waals surface area contributed by atoms with Crippen molar-refractivity contribution in [1.29, 1.82) is 0 Å². The van der Waals surface area contributed by atoms with E-state index in [1.165, 1.54) is 6.26 Å². The average molecular weight is 441 g/mol. The van der Waals surface area contributed by atoms with Gasteiger partial charge in [0.2, 0.25) is 0 Å². The van der Waals surface area contributed by atoms with E-state index in [9.17, 15) is 4.79 Å². The first-order valence-electron chi connectivity index (χ1n) is 10.9. The zero-order chi connectivity index (χ0) is 22.5. The fraction of sp³-hybridized carbons (Fsp3) is 0.192. The Balaban J connectivity index is 1.21. The summed E-state index contributed by atoms with van der Waals surface area (Å²) in [5, 5.41) is 0. The van der Waals surface area contributed by atoms with Gasteiger partial charge >= 0.3 is 0 Å². The van der Waals surface area contributed by atoms with Gasteiger partial charge in [-0.25, -0.2) is 9.97 Å². The highest BCUT2D eigenvalue weighted by Gasteiger charge is 2.24. The standard InChI is InChI=1S/C26H24N4O3/c31-26(24-7-4-16-32-24)30-14-12-29(13-15-30)25-17-23(27-19-28-25)21-8-10-22(11-9-21)33-18-20-5-2-1-3-6-20/h1-11,16-17,19H,12-15,18H2. The molecule has 0 aliphatic carbocycles. The Morgan fingerprint density at radius 2 is 1.70 bits per heavy atom. The second-order valence-corrected chi connectivity index (χ2v) is 7.82. The lowest BCUT2D eigenvalue weighted by atomic mass is 10.1. The van der Waals surface area contributed by atoms with Crippen LogP contribution in [0.5, 0.6) is 5.75 Å². The van der Waals surface area contributed by atoms with Crippen molar-refractivity contribution in [3.63, 3.8) is 0 Å². The Bertz CT molecular complexity index is 1190. The monoisotopic (exact) mass is 440 g/mol. The van der Waals surface area contributed by atoms with E-state index in [4.69, 9.17) is 9.15 Å². The number of ether oxygens (including phenoxy) is 1. The highest BCUT2D eigenvalue weighted by atomic mass is 16.5. The average Bonchev–Trinajstić information content (AvgIpc) is 3.43. The van der Waals surface area contributed by atoms with Gasteiger partial charge in [-0.2, -0.15) is 0 Å². The molecule has 2 aromatic heterocycles. The van der Waals surface area contributed by atoms with Crippen molar-refractivity contribution in [2.24, 2.45) is 0 Å². The molecule has 1 aliphatic rings. The van der Waals surface area contributed by atoms with Crippen LogP contribution in [0, 0.1) is 0 Å². The summed E-state index contributed by atoms with van der Waals surface area (Å²) >= 11 is 0. The van der Waals surface area contributed by atoms with Gasteiger partial charge in [-0.3, -0.25) is 4.79 Å². The van der Waals surface area contributed by atoms with Gasteiger partial charge in [0.05, 0.1) is 12.0 Å². The zero-order valence-corrected chi connectivity index (χ0v) is 18.1. The van der Waals surface area contributed by atoms with Crippen molar-refractivity contribution in [2.45, 2.75) is 6.61 Å². The maximum atomic E-state index is 12.5. The number of carbonyl (C=O) groups excluding carboxylic acids is 1. The van der Waals surface area contributed by atoms with E-state index in [-0.39, 0.29) is 5.91 Å². The first-order valence-corrected chi connectivity index (χ1v) is 10.9. The van der Waals surface area contributed by atoms with Gasteiger partial charge < -0.3 is 19.0 Å². The molecule has 0 radical (unpaired) electrons. The van der Waals surface area contributed by atoms with E-state index >= 15 is 0 Å². The Morgan fingerprint density at radius 1 is 0.909 bits per heavy atom. The minimum absolute atomic E-state index is 0.0717. The summed E-state index contributed by atoms with van der Waals surface area (Å²) in [6.45, 7) is 3.18. The number of nitrogens with zero attached hydrogens (tertiary/aromatic N) is 4. The smallest absolute Gasteiger partial charge is 0.289 e. The summed E-state index contributed by atoms with van der Waals surface area (Å²) < 4.78 is 11.1. The maximum absolute atomic E-state index is 12.5.